The molecule has 2 atom stereocenters. The molecule has 1 fully saturated rings. The first-order valence-electron chi connectivity index (χ1n) is 6.31. The molecule has 1 aromatic carbocycles. The van der Waals surface area contributed by atoms with Crippen LogP contribution in [0, 0.1) is 5.92 Å². The fourth-order valence-electron chi connectivity index (χ4n) is 2.47. The Bertz CT molecular complexity index is 391. The van der Waals surface area contributed by atoms with E-state index in [1.54, 1.807) is 24.3 Å². The SMILES string of the molecule is CC1CCCC(NC(=O)c2ccc(N)cc2)C1.Cl. The molecule has 0 spiro atoms. The molecular weight excluding hydrogens is 248 g/mol. The van der Waals surface area contributed by atoms with Gasteiger partial charge in [0.15, 0.2) is 0 Å². The van der Waals surface area contributed by atoms with E-state index in [4.69, 9.17) is 5.73 Å². The number of benzene rings is 1. The zero-order chi connectivity index (χ0) is 12.3. The molecule has 2 rings (SSSR count). The van der Waals surface area contributed by atoms with Gasteiger partial charge in [-0.15, -0.1) is 12.4 Å². The molecule has 0 bridgehead atoms. The van der Waals surface area contributed by atoms with Crippen LogP contribution in [0.1, 0.15) is 43.0 Å². The number of hydrogen-bond acceptors (Lipinski definition) is 2. The molecule has 1 aliphatic rings. The Morgan fingerprint density at radius 3 is 2.56 bits per heavy atom. The van der Waals surface area contributed by atoms with E-state index in [-0.39, 0.29) is 18.3 Å². The van der Waals surface area contributed by atoms with Gasteiger partial charge in [-0.2, -0.15) is 0 Å². The number of nitrogens with one attached hydrogen (secondary N) is 1. The molecule has 0 heterocycles. The number of anilines is 1. The topological polar surface area (TPSA) is 55.1 Å². The molecule has 3 nitrogen and oxygen atoms in total. The molecule has 100 valence electrons. The van der Waals surface area contributed by atoms with Gasteiger partial charge in [-0.05, 0) is 43.0 Å². The van der Waals surface area contributed by atoms with Gasteiger partial charge in [0.1, 0.15) is 0 Å². The Kier molecular flexibility index (Phi) is 5.48. The highest BCUT2D eigenvalue weighted by Gasteiger charge is 2.20. The lowest BCUT2D eigenvalue weighted by Crippen LogP contribution is -2.37. The van der Waals surface area contributed by atoms with Crippen molar-refractivity contribution in [3.05, 3.63) is 29.8 Å². The Labute approximate surface area is 115 Å². The van der Waals surface area contributed by atoms with Crippen LogP contribution in [0.25, 0.3) is 0 Å². The van der Waals surface area contributed by atoms with E-state index in [1.807, 2.05) is 0 Å². The van der Waals surface area contributed by atoms with Crippen molar-refractivity contribution in [1.29, 1.82) is 0 Å². The molecule has 1 aliphatic carbocycles. The average Bonchev–Trinajstić information content (AvgIpc) is 2.29. The van der Waals surface area contributed by atoms with Crippen LogP contribution in [0.2, 0.25) is 0 Å². The summed E-state index contributed by atoms with van der Waals surface area (Å²) in [5, 5.41) is 3.11. The standard InChI is InChI=1S/C14H20N2O.ClH/c1-10-3-2-4-13(9-10)16-14(17)11-5-7-12(15)8-6-11;/h5-8,10,13H,2-4,9,15H2,1H3,(H,16,17);1H. The molecule has 0 aliphatic heterocycles. The minimum absolute atomic E-state index is 0. The Balaban J connectivity index is 0.00000162. The summed E-state index contributed by atoms with van der Waals surface area (Å²) in [6.45, 7) is 2.25. The minimum Gasteiger partial charge on any atom is -0.399 e. The van der Waals surface area contributed by atoms with E-state index in [0.717, 1.165) is 18.8 Å². The number of nitrogen functional groups attached to an aromatic ring is 1. The van der Waals surface area contributed by atoms with Crippen LogP contribution in [-0.2, 0) is 0 Å². The monoisotopic (exact) mass is 268 g/mol. The first-order chi connectivity index (χ1) is 8.15. The fraction of sp³-hybridized carbons (Fsp3) is 0.500. The summed E-state index contributed by atoms with van der Waals surface area (Å²) in [5.41, 5.74) is 6.98. The van der Waals surface area contributed by atoms with E-state index in [2.05, 4.69) is 12.2 Å². The van der Waals surface area contributed by atoms with Crippen molar-refractivity contribution in [2.75, 3.05) is 5.73 Å². The third-order valence-electron chi connectivity index (χ3n) is 3.44. The fourth-order valence-corrected chi connectivity index (χ4v) is 2.47. The van der Waals surface area contributed by atoms with Gasteiger partial charge in [-0.1, -0.05) is 19.8 Å². The van der Waals surface area contributed by atoms with Gasteiger partial charge in [0, 0.05) is 17.3 Å². The smallest absolute Gasteiger partial charge is 0.251 e. The minimum atomic E-state index is 0. The predicted molar refractivity (Wildman–Crippen MR) is 77.0 cm³/mol. The van der Waals surface area contributed by atoms with Crippen LogP contribution in [0.15, 0.2) is 24.3 Å². The summed E-state index contributed by atoms with van der Waals surface area (Å²) in [6.07, 6.45) is 4.70. The van der Waals surface area contributed by atoms with Gasteiger partial charge in [-0.25, -0.2) is 0 Å². The molecule has 4 heteroatoms. The zero-order valence-electron chi connectivity index (χ0n) is 10.7. The first kappa shape index (κ1) is 14.8. The normalized spacial score (nSPS) is 22.9. The van der Waals surface area contributed by atoms with Crippen molar-refractivity contribution in [1.82, 2.24) is 5.32 Å². The second-order valence-corrected chi connectivity index (χ2v) is 5.06. The molecule has 0 radical (unpaired) electrons. The van der Waals surface area contributed by atoms with Gasteiger partial charge in [-0.3, -0.25) is 4.79 Å². The van der Waals surface area contributed by atoms with Gasteiger partial charge in [0.2, 0.25) is 0 Å². The molecular formula is C14H21ClN2O. The summed E-state index contributed by atoms with van der Waals surface area (Å²) in [5.74, 6) is 0.740. The average molecular weight is 269 g/mol. The molecule has 0 saturated heterocycles. The Morgan fingerprint density at radius 2 is 1.94 bits per heavy atom. The molecule has 0 aromatic heterocycles. The molecule has 18 heavy (non-hydrogen) atoms. The predicted octanol–water partition coefficient (Wildman–Crippen LogP) is 3.00. The van der Waals surface area contributed by atoms with E-state index in [9.17, 15) is 4.79 Å². The van der Waals surface area contributed by atoms with Crippen molar-refractivity contribution >= 4 is 24.0 Å². The lowest BCUT2D eigenvalue weighted by Gasteiger charge is -2.27. The highest BCUT2D eigenvalue weighted by molar-refractivity contribution is 5.94. The number of hydrogen-bond donors (Lipinski definition) is 2. The first-order valence-corrected chi connectivity index (χ1v) is 6.31. The highest BCUT2D eigenvalue weighted by Crippen LogP contribution is 2.23. The summed E-state index contributed by atoms with van der Waals surface area (Å²) in [4.78, 5) is 12.0. The van der Waals surface area contributed by atoms with Crippen LogP contribution in [0.5, 0.6) is 0 Å². The van der Waals surface area contributed by atoms with E-state index < -0.39 is 0 Å². The second-order valence-electron chi connectivity index (χ2n) is 5.06. The quantitative estimate of drug-likeness (QED) is 0.810. The number of rotatable bonds is 2. The highest BCUT2D eigenvalue weighted by atomic mass is 35.5. The largest absolute Gasteiger partial charge is 0.399 e. The van der Waals surface area contributed by atoms with E-state index >= 15 is 0 Å². The maximum absolute atomic E-state index is 12.0. The van der Waals surface area contributed by atoms with Crippen LogP contribution >= 0.6 is 12.4 Å². The van der Waals surface area contributed by atoms with Gasteiger partial charge in [0.05, 0.1) is 0 Å². The summed E-state index contributed by atoms with van der Waals surface area (Å²) in [6, 6.07) is 7.41. The van der Waals surface area contributed by atoms with Crippen molar-refractivity contribution in [3.8, 4) is 0 Å². The van der Waals surface area contributed by atoms with Crippen molar-refractivity contribution in [2.24, 2.45) is 5.92 Å². The second kappa shape index (κ2) is 6.64. The number of halogens is 1. The maximum atomic E-state index is 12.0. The molecule has 2 unspecified atom stereocenters. The summed E-state index contributed by atoms with van der Waals surface area (Å²) >= 11 is 0. The lowest BCUT2D eigenvalue weighted by atomic mass is 9.87. The maximum Gasteiger partial charge on any atom is 0.251 e. The molecule has 1 amide bonds. The summed E-state index contributed by atoms with van der Waals surface area (Å²) < 4.78 is 0. The Hall–Kier alpha value is -1.22. The molecule has 1 aromatic rings. The van der Waals surface area contributed by atoms with Gasteiger partial charge < -0.3 is 11.1 Å². The van der Waals surface area contributed by atoms with Crippen molar-refractivity contribution in [3.63, 3.8) is 0 Å². The third kappa shape index (κ3) is 3.91. The zero-order valence-corrected chi connectivity index (χ0v) is 11.5. The van der Waals surface area contributed by atoms with Crippen molar-refractivity contribution in [2.45, 2.75) is 38.6 Å². The number of amides is 1. The van der Waals surface area contributed by atoms with Gasteiger partial charge >= 0.3 is 0 Å². The molecule has 1 saturated carbocycles. The lowest BCUT2D eigenvalue weighted by molar-refractivity contribution is 0.0921. The van der Waals surface area contributed by atoms with E-state index in [1.165, 1.54) is 12.8 Å². The van der Waals surface area contributed by atoms with Crippen LogP contribution in [0.4, 0.5) is 5.69 Å². The van der Waals surface area contributed by atoms with E-state index in [0.29, 0.717) is 17.3 Å². The summed E-state index contributed by atoms with van der Waals surface area (Å²) in [7, 11) is 0. The van der Waals surface area contributed by atoms with Crippen LogP contribution < -0.4 is 11.1 Å². The van der Waals surface area contributed by atoms with Crippen LogP contribution in [-0.4, -0.2) is 11.9 Å². The number of carbonyl (C=O) groups is 1. The Morgan fingerprint density at radius 1 is 1.28 bits per heavy atom. The number of nitrogens with two attached hydrogens (primary N) is 1. The van der Waals surface area contributed by atoms with Crippen molar-refractivity contribution < 1.29 is 4.79 Å². The third-order valence-corrected chi connectivity index (χ3v) is 3.44. The van der Waals surface area contributed by atoms with Crippen LogP contribution in [0.3, 0.4) is 0 Å². The molecule has 3 N–H and O–H groups in total. The number of carbonyl (C=O) groups excluding carboxylic acids is 1. The van der Waals surface area contributed by atoms with Gasteiger partial charge in [0.25, 0.3) is 5.91 Å².